The van der Waals surface area contributed by atoms with Gasteiger partial charge in [-0.1, -0.05) is 0 Å². The van der Waals surface area contributed by atoms with Gasteiger partial charge in [0.2, 0.25) is 0 Å². The van der Waals surface area contributed by atoms with E-state index in [2.05, 4.69) is 4.98 Å². The Balaban J connectivity index is 0.000000536. The molecule has 0 bridgehead atoms. The summed E-state index contributed by atoms with van der Waals surface area (Å²) in [6.07, 6.45) is -10.4. The van der Waals surface area contributed by atoms with Gasteiger partial charge in [-0.3, -0.25) is 4.98 Å². The molecule has 178 valence electrons. The number of carboxylic acids is 2. The van der Waals surface area contributed by atoms with E-state index in [0.29, 0.717) is 12.2 Å². The molecule has 0 saturated carbocycles. The zero-order valence-corrected chi connectivity index (χ0v) is 15.2. The Kier molecular flexibility index (Phi) is 10.0. The van der Waals surface area contributed by atoms with E-state index in [4.69, 9.17) is 25.5 Å². The second-order valence-corrected chi connectivity index (χ2v) is 5.88. The summed E-state index contributed by atoms with van der Waals surface area (Å²) < 4.78 is 101. The highest BCUT2D eigenvalue weighted by molar-refractivity contribution is 5.73. The van der Waals surface area contributed by atoms with E-state index in [0.717, 1.165) is 31.6 Å². The third kappa shape index (κ3) is 11.3. The minimum atomic E-state index is -5.08. The van der Waals surface area contributed by atoms with Gasteiger partial charge in [0.25, 0.3) is 0 Å². The minimum Gasteiger partial charge on any atom is -0.475 e. The van der Waals surface area contributed by atoms with Crippen molar-refractivity contribution in [3.63, 3.8) is 0 Å². The van der Waals surface area contributed by atoms with Gasteiger partial charge in [-0.25, -0.2) is 9.59 Å². The molecule has 4 N–H and O–H groups in total. The Hall–Kier alpha value is -2.78. The van der Waals surface area contributed by atoms with Crippen LogP contribution < -0.4 is 10.6 Å². The number of halogens is 9. The van der Waals surface area contributed by atoms with Crippen LogP contribution in [0.5, 0.6) is 0 Å². The van der Waals surface area contributed by atoms with E-state index in [1.165, 1.54) is 6.20 Å². The van der Waals surface area contributed by atoms with Crippen LogP contribution >= 0.6 is 0 Å². The van der Waals surface area contributed by atoms with Gasteiger partial charge in [-0.2, -0.15) is 39.5 Å². The van der Waals surface area contributed by atoms with Crippen molar-refractivity contribution < 1.29 is 59.3 Å². The number of aliphatic carboxylic acids is 2. The SMILES string of the molecule is N[C@H]1CCCN(c2cncc(C(F)(F)F)c2)C1.O=C(O)C(F)(F)F.O=C(O)C(F)(F)F. The zero-order chi connectivity index (χ0) is 24.6. The summed E-state index contributed by atoms with van der Waals surface area (Å²) in [4.78, 5) is 23.3. The molecular formula is C15H16F9N3O4. The van der Waals surface area contributed by atoms with E-state index < -0.39 is 36.0 Å². The van der Waals surface area contributed by atoms with Crippen molar-refractivity contribution in [2.75, 3.05) is 18.0 Å². The lowest BCUT2D eigenvalue weighted by Gasteiger charge is -2.32. The van der Waals surface area contributed by atoms with Gasteiger partial charge in [-0.05, 0) is 18.9 Å². The van der Waals surface area contributed by atoms with Crippen molar-refractivity contribution >= 4 is 17.6 Å². The smallest absolute Gasteiger partial charge is 0.475 e. The Bertz CT molecular complexity index is 712. The number of carboxylic acid groups (broad SMARTS) is 2. The fourth-order valence-corrected chi connectivity index (χ4v) is 2.00. The highest BCUT2D eigenvalue weighted by atomic mass is 19.4. The fourth-order valence-electron chi connectivity index (χ4n) is 2.00. The van der Waals surface area contributed by atoms with Gasteiger partial charge in [0.15, 0.2) is 0 Å². The zero-order valence-electron chi connectivity index (χ0n) is 15.2. The van der Waals surface area contributed by atoms with E-state index >= 15 is 0 Å². The molecule has 0 aromatic carbocycles. The molecule has 1 aliphatic rings. The maximum Gasteiger partial charge on any atom is 0.490 e. The second kappa shape index (κ2) is 11.0. The second-order valence-electron chi connectivity index (χ2n) is 5.88. The molecule has 1 aromatic rings. The van der Waals surface area contributed by atoms with Crippen molar-refractivity contribution in [2.45, 2.75) is 37.4 Å². The Morgan fingerprint density at radius 1 is 0.968 bits per heavy atom. The average molecular weight is 473 g/mol. The maximum atomic E-state index is 12.5. The molecule has 1 atom stereocenters. The lowest BCUT2D eigenvalue weighted by Crippen LogP contribution is -2.42. The molecule has 0 amide bonds. The highest BCUT2D eigenvalue weighted by Crippen LogP contribution is 2.31. The summed E-state index contributed by atoms with van der Waals surface area (Å²) in [5.41, 5.74) is 5.58. The topological polar surface area (TPSA) is 117 Å². The predicted molar refractivity (Wildman–Crippen MR) is 86.0 cm³/mol. The molecule has 0 radical (unpaired) electrons. The van der Waals surface area contributed by atoms with Crippen molar-refractivity contribution in [3.05, 3.63) is 24.0 Å². The fraction of sp³-hybridized carbons (Fsp3) is 0.533. The van der Waals surface area contributed by atoms with Crippen molar-refractivity contribution in [1.82, 2.24) is 4.98 Å². The Morgan fingerprint density at radius 3 is 1.77 bits per heavy atom. The molecule has 1 aliphatic heterocycles. The van der Waals surface area contributed by atoms with Crippen LogP contribution in [0.3, 0.4) is 0 Å². The molecule has 2 rings (SSSR count). The van der Waals surface area contributed by atoms with Crippen molar-refractivity contribution in [1.29, 1.82) is 0 Å². The molecular weight excluding hydrogens is 457 g/mol. The van der Waals surface area contributed by atoms with Crippen LogP contribution in [0.1, 0.15) is 18.4 Å². The quantitative estimate of drug-likeness (QED) is 0.536. The van der Waals surface area contributed by atoms with Gasteiger partial charge in [0.05, 0.1) is 17.4 Å². The lowest BCUT2D eigenvalue weighted by atomic mass is 10.1. The first-order chi connectivity index (χ1) is 13.9. The number of pyridine rings is 1. The van der Waals surface area contributed by atoms with Gasteiger partial charge < -0.3 is 20.8 Å². The van der Waals surface area contributed by atoms with Gasteiger partial charge in [0.1, 0.15) is 0 Å². The maximum absolute atomic E-state index is 12.5. The van der Waals surface area contributed by atoms with Crippen LogP contribution in [0, 0.1) is 0 Å². The highest BCUT2D eigenvalue weighted by Gasteiger charge is 2.39. The molecule has 1 aromatic heterocycles. The molecule has 0 spiro atoms. The minimum absolute atomic E-state index is 0.0262. The summed E-state index contributed by atoms with van der Waals surface area (Å²) in [6, 6.07) is 1.16. The molecule has 0 aliphatic carbocycles. The van der Waals surface area contributed by atoms with Gasteiger partial charge in [-0.15, -0.1) is 0 Å². The van der Waals surface area contributed by atoms with Crippen LogP contribution in [0.25, 0.3) is 0 Å². The van der Waals surface area contributed by atoms with Gasteiger partial charge in [0, 0.05) is 25.3 Å². The van der Waals surface area contributed by atoms with Crippen LogP contribution in [0.2, 0.25) is 0 Å². The van der Waals surface area contributed by atoms with Gasteiger partial charge >= 0.3 is 30.5 Å². The number of nitrogens with two attached hydrogens (primary N) is 1. The third-order valence-electron chi connectivity index (χ3n) is 3.36. The molecule has 0 unspecified atom stereocenters. The number of piperidine rings is 1. The predicted octanol–water partition coefficient (Wildman–Crippen LogP) is 3.29. The molecule has 1 fully saturated rings. The molecule has 2 heterocycles. The first-order valence-corrected chi connectivity index (χ1v) is 7.98. The first kappa shape index (κ1) is 28.2. The molecule has 1 saturated heterocycles. The normalized spacial score (nSPS) is 17.0. The van der Waals surface area contributed by atoms with E-state index in [1.807, 2.05) is 4.90 Å². The van der Waals surface area contributed by atoms with Crippen molar-refractivity contribution in [3.8, 4) is 0 Å². The lowest BCUT2D eigenvalue weighted by molar-refractivity contribution is -0.193. The third-order valence-corrected chi connectivity index (χ3v) is 3.36. The average Bonchev–Trinajstić information content (AvgIpc) is 2.60. The number of nitrogens with zero attached hydrogens (tertiary/aromatic N) is 2. The van der Waals surface area contributed by atoms with Crippen molar-refractivity contribution in [2.24, 2.45) is 5.73 Å². The van der Waals surface area contributed by atoms with E-state index in [9.17, 15) is 39.5 Å². The summed E-state index contributed by atoms with van der Waals surface area (Å²) >= 11 is 0. The van der Waals surface area contributed by atoms with Crippen LogP contribution in [-0.4, -0.2) is 58.6 Å². The molecule has 31 heavy (non-hydrogen) atoms. The summed E-state index contributed by atoms with van der Waals surface area (Å²) in [5, 5.41) is 14.2. The van der Waals surface area contributed by atoms with Crippen LogP contribution in [0.15, 0.2) is 18.5 Å². The number of carbonyl (C=O) groups is 2. The number of alkyl halides is 9. The summed E-state index contributed by atoms with van der Waals surface area (Å²) in [5.74, 6) is -5.51. The standard InChI is InChI=1S/C11H14F3N3.2C2HF3O2/c12-11(13,14)8-4-10(6-16-5-8)17-3-1-2-9(15)7-17;2*3-2(4,5)1(6)7/h4-6,9H,1-3,7,15H2;2*(H,6,7)/t9-;;/m0../s1. The summed E-state index contributed by atoms with van der Waals surface area (Å²) in [7, 11) is 0. The first-order valence-electron chi connectivity index (χ1n) is 7.98. The number of hydrogen-bond acceptors (Lipinski definition) is 5. The number of rotatable bonds is 1. The monoisotopic (exact) mass is 473 g/mol. The molecule has 16 heteroatoms. The Morgan fingerprint density at radius 2 is 1.42 bits per heavy atom. The van der Waals surface area contributed by atoms with E-state index in [1.54, 1.807) is 0 Å². The summed E-state index contributed by atoms with van der Waals surface area (Å²) in [6.45, 7) is 1.32. The largest absolute Gasteiger partial charge is 0.490 e. The molecule has 7 nitrogen and oxygen atoms in total. The number of hydrogen-bond donors (Lipinski definition) is 3. The number of aromatic nitrogens is 1. The van der Waals surface area contributed by atoms with Crippen LogP contribution in [0.4, 0.5) is 45.2 Å². The Labute approximate surface area is 168 Å². The van der Waals surface area contributed by atoms with Crippen LogP contribution in [-0.2, 0) is 15.8 Å². The van der Waals surface area contributed by atoms with E-state index in [-0.39, 0.29) is 6.04 Å². The number of anilines is 1.